The van der Waals surface area contributed by atoms with Crippen LogP contribution < -0.4 is 5.32 Å². The Morgan fingerprint density at radius 3 is 2.55 bits per heavy atom. The summed E-state index contributed by atoms with van der Waals surface area (Å²) >= 11 is 1.61. The maximum Gasteiger partial charge on any atom is 0.263 e. The van der Waals surface area contributed by atoms with Gasteiger partial charge in [0.15, 0.2) is 0 Å². The second kappa shape index (κ2) is 7.77. The highest BCUT2D eigenvalue weighted by Gasteiger charge is 2.28. The standard InChI is InChI=1S/C17H26N2O2S/c1-4-8-18-16(20)13-6-9-19(10-7-13)17(21)15-11-12(3)14(5-2)22-15/h11,13H,4-10H2,1-3H3,(H,18,20). The fraction of sp³-hybridized carbons (Fsp3) is 0.647. The molecular formula is C17H26N2O2S. The summed E-state index contributed by atoms with van der Waals surface area (Å²) in [6, 6.07) is 2.01. The van der Waals surface area contributed by atoms with Crippen molar-refractivity contribution in [1.29, 1.82) is 0 Å². The molecule has 5 heteroatoms. The van der Waals surface area contributed by atoms with E-state index in [4.69, 9.17) is 0 Å². The van der Waals surface area contributed by atoms with E-state index >= 15 is 0 Å². The highest BCUT2D eigenvalue weighted by atomic mass is 32.1. The van der Waals surface area contributed by atoms with E-state index in [1.54, 1.807) is 11.3 Å². The highest BCUT2D eigenvalue weighted by Crippen LogP contribution is 2.26. The van der Waals surface area contributed by atoms with Crippen molar-refractivity contribution in [2.24, 2.45) is 5.92 Å². The molecule has 1 fully saturated rings. The summed E-state index contributed by atoms with van der Waals surface area (Å²) in [5.41, 5.74) is 1.21. The van der Waals surface area contributed by atoms with Crippen LogP contribution in [0, 0.1) is 12.8 Å². The molecule has 2 heterocycles. The summed E-state index contributed by atoms with van der Waals surface area (Å²) in [5, 5.41) is 2.96. The fourth-order valence-electron chi connectivity index (χ4n) is 2.87. The van der Waals surface area contributed by atoms with Crippen molar-refractivity contribution in [1.82, 2.24) is 10.2 Å². The van der Waals surface area contributed by atoms with E-state index in [1.807, 2.05) is 11.0 Å². The molecule has 1 aliphatic heterocycles. The monoisotopic (exact) mass is 322 g/mol. The minimum absolute atomic E-state index is 0.0619. The number of nitrogens with zero attached hydrogens (tertiary/aromatic N) is 1. The van der Waals surface area contributed by atoms with E-state index in [0.29, 0.717) is 13.1 Å². The maximum atomic E-state index is 12.6. The van der Waals surface area contributed by atoms with Crippen LogP contribution in [0.5, 0.6) is 0 Å². The number of piperidine rings is 1. The third-order valence-electron chi connectivity index (χ3n) is 4.25. The van der Waals surface area contributed by atoms with Gasteiger partial charge in [-0.3, -0.25) is 9.59 Å². The molecule has 0 saturated carbocycles. The van der Waals surface area contributed by atoms with Crippen molar-refractivity contribution in [3.8, 4) is 0 Å². The molecule has 0 radical (unpaired) electrons. The van der Waals surface area contributed by atoms with Gasteiger partial charge in [-0.25, -0.2) is 0 Å². The first-order valence-corrected chi connectivity index (χ1v) is 9.04. The van der Waals surface area contributed by atoms with Gasteiger partial charge in [-0.2, -0.15) is 0 Å². The van der Waals surface area contributed by atoms with Crippen LogP contribution in [0.4, 0.5) is 0 Å². The van der Waals surface area contributed by atoms with Crippen LogP contribution in [0.1, 0.15) is 53.2 Å². The molecule has 122 valence electrons. The number of nitrogens with one attached hydrogen (secondary N) is 1. The molecule has 2 amide bonds. The smallest absolute Gasteiger partial charge is 0.263 e. The Labute approximate surface area is 136 Å². The molecule has 0 bridgehead atoms. The van der Waals surface area contributed by atoms with Crippen molar-refractivity contribution in [2.45, 2.75) is 46.5 Å². The Hall–Kier alpha value is -1.36. The third kappa shape index (κ3) is 3.88. The third-order valence-corrected chi connectivity index (χ3v) is 5.62. The van der Waals surface area contributed by atoms with Gasteiger partial charge in [-0.1, -0.05) is 13.8 Å². The average Bonchev–Trinajstić information content (AvgIpc) is 2.93. The molecule has 2 rings (SSSR count). The summed E-state index contributed by atoms with van der Waals surface area (Å²) in [6.07, 6.45) is 3.47. The molecule has 1 aromatic heterocycles. The summed E-state index contributed by atoms with van der Waals surface area (Å²) in [6.45, 7) is 8.34. The van der Waals surface area contributed by atoms with Crippen LogP contribution in [0.3, 0.4) is 0 Å². The second-order valence-corrected chi connectivity index (χ2v) is 7.06. The van der Waals surface area contributed by atoms with E-state index in [9.17, 15) is 9.59 Å². The van der Waals surface area contributed by atoms with E-state index in [0.717, 1.165) is 37.1 Å². The van der Waals surface area contributed by atoms with Gasteiger partial charge in [-0.15, -0.1) is 11.3 Å². The molecule has 0 atom stereocenters. The van der Waals surface area contributed by atoms with Gasteiger partial charge in [-0.05, 0) is 44.2 Å². The normalized spacial score (nSPS) is 15.9. The Morgan fingerprint density at radius 2 is 2.00 bits per heavy atom. The topological polar surface area (TPSA) is 49.4 Å². The van der Waals surface area contributed by atoms with Crippen LogP contribution in [-0.2, 0) is 11.2 Å². The van der Waals surface area contributed by atoms with E-state index in [-0.39, 0.29) is 17.7 Å². The number of hydrogen-bond acceptors (Lipinski definition) is 3. The summed E-state index contributed by atoms with van der Waals surface area (Å²) in [4.78, 5) is 28.6. The first kappa shape index (κ1) is 17.0. The number of likely N-dealkylation sites (tertiary alicyclic amines) is 1. The zero-order valence-electron chi connectivity index (χ0n) is 13.8. The zero-order valence-corrected chi connectivity index (χ0v) is 14.6. The van der Waals surface area contributed by atoms with Crippen molar-refractivity contribution < 1.29 is 9.59 Å². The largest absolute Gasteiger partial charge is 0.356 e. The molecule has 1 saturated heterocycles. The van der Waals surface area contributed by atoms with Crippen LogP contribution in [-0.4, -0.2) is 36.3 Å². The van der Waals surface area contributed by atoms with E-state index in [1.165, 1.54) is 10.4 Å². The van der Waals surface area contributed by atoms with E-state index < -0.39 is 0 Å². The molecule has 1 aliphatic rings. The molecule has 0 aromatic carbocycles. The van der Waals surface area contributed by atoms with Crippen molar-refractivity contribution in [3.63, 3.8) is 0 Å². The fourth-order valence-corrected chi connectivity index (χ4v) is 3.95. The van der Waals surface area contributed by atoms with Crippen LogP contribution >= 0.6 is 11.3 Å². The molecular weight excluding hydrogens is 296 g/mol. The van der Waals surface area contributed by atoms with Gasteiger partial charge in [0.1, 0.15) is 0 Å². The second-order valence-electron chi connectivity index (χ2n) is 5.93. The van der Waals surface area contributed by atoms with Gasteiger partial charge in [0.25, 0.3) is 5.91 Å². The quantitative estimate of drug-likeness (QED) is 0.906. The highest BCUT2D eigenvalue weighted by molar-refractivity contribution is 7.14. The number of carbonyl (C=O) groups excluding carboxylic acids is 2. The molecule has 0 unspecified atom stereocenters. The molecule has 4 nitrogen and oxygen atoms in total. The zero-order chi connectivity index (χ0) is 16.1. The molecule has 22 heavy (non-hydrogen) atoms. The Bertz CT molecular complexity index is 531. The lowest BCUT2D eigenvalue weighted by molar-refractivity contribution is -0.126. The predicted molar refractivity (Wildman–Crippen MR) is 90.4 cm³/mol. The van der Waals surface area contributed by atoms with Gasteiger partial charge in [0.05, 0.1) is 4.88 Å². The van der Waals surface area contributed by atoms with Crippen LogP contribution in [0.25, 0.3) is 0 Å². The lowest BCUT2D eigenvalue weighted by atomic mass is 9.95. The molecule has 0 aliphatic carbocycles. The summed E-state index contributed by atoms with van der Waals surface area (Å²) in [5.74, 6) is 0.335. The average molecular weight is 322 g/mol. The number of carbonyl (C=O) groups is 2. The van der Waals surface area contributed by atoms with Crippen molar-refractivity contribution in [3.05, 3.63) is 21.4 Å². The SMILES string of the molecule is CCCNC(=O)C1CCN(C(=O)c2cc(C)c(CC)s2)CC1. The van der Waals surface area contributed by atoms with Crippen molar-refractivity contribution >= 4 is 23.2 Å². The van der Waals surface area contributed by atoms with Gasteiger partial charge >= 0.3 is 0 Å². The van der Waals surface area contributed by atoms with Crippen molar-refractivity contribution in [2.75, 3.05) is 19.6 Å². The molecule has 1 N–H and O–H groups in total. The minimum Gasteiger partial charge on any atom is -0.356 e. The number of aryl methyl sites for hydroxylation is 2. The van der Waals surface area contributed by atoms with E-state index in [2.05, 4.69) is 26.1 Å². The number of rotatable bonds is 5. The molecule has 1 aromatic rings. The van der Waals surface area contributed by atoms with Gasteiger partial charge in [0, 0.05) is 30.4 Å². The summed E-state index contributed by atoms with van der Waals surface area (Å²) < 4.78 is 0. The lowest BCUT2D eigenvalue weighted by Gasteiger charge is -2.31. The predicted octanol–water partition coefficient (Wildman–Crippen LogP) is 3.00. The summed E-state index contributed by atoms with van der Waals surface area (Å²) in [7, 11) is 0. The van der Waals surface area contributed by atoms with Gasteiger partial charge in [0.2, 0.25) is 5.91 Å². The van der Waals surface area contributed by atoms with Crippen LogP contribution in [0.2, 0.25) is 0 Å². The Kier molecular flexibility index (Phi) is 6.00. The Morgan fingerprint density at radius 1 is 1.32 bits per heavy atom. The van der Waals surface area contributed by atoms with Crippen LogP contribution in [0.15, 0.2) is 6.07 Å². The Balaban J connectivity index is 1.90. The minimum atomic E-state index is 0.0619. The van der Waals surface area contributed by atoms with Gasteiger partial charge < -0.3 is 10.2 Å². The maximum absolute atomic E-state index is 12.6. The number of thiophene rings is 1. The first-order chi connectivity index (χ1) is 10.6. The number of amides is 2. The first-order valence-electron chi connectivity index (χ1n) is 8.23. The lowest BCUT2D eigenvalue weighted by Crippen LogP contribution is -2.43. The number of hydrogen-bond donors (Lipinski definition) is 1. The molecule has 0 spiro atoms.